The van der Waals surface area contributed by atoms with Crippen LogP contribution in [-0.4, -0.2) is 59.6 Å². The number of carbonyl (C=O) groups is 4. The summed E-state index contributed by atoms with van der Waals surface area (Å²) in [4.78, 5) is 56.6. The number of rotatable bonds is 8. The van der Waals surface area contributed by atoms with Gasteiger partial charge in [0.25, 0.3) is 23.6 Å². The molecule has 1 fully saturated rings. The van der Waals surface area contributed by atoms with Gasteiger partial charge in [-0.15, -0.1) is 0 Å². The molecule has 0 aromatic heterocycles. The molecule has 0 atom stereocenters. The number of hydrogen-bond donors (Lipinski definition) is 2. The highest BCUT2D eigenvalue weighted by Gasteiger charge is 2.29. The predicted molar refractivity (Wildman–Crippen MR) is 170 cm³/mol. The van der Waals surface area contributed by atoms with Crippen molar-refractivity contribution in [3.63, 3.8) is 0 Å². The lowest BCUT2D eigenvalue weighted by Gasteiger charge is -2.35. The van der Waals surface area contributed by atoms with E-state index in [-0.39, 0.29) is 61.2 Å². The molecule has 0 bridgehead atoms. The first-order valence-electron chi connectivity index (χ1n) is 14.3. The third kappa shape index (κ3) is 7.74. The van der Waals surface area contributed by atoms with Crippen LogP contribution in [0.15, 0.2) is 133 Å². The average molecular weight is 585 g/mol. The number of hydrogen-bond acceptors (Lipinski definition) is 4. The van der Waals surface area contributed by atoms with Gasteiger partial charge in [0.2, 0.25) is 0 Å². The SMILES string of the molecule is O=C(NC(=Cc1ccccc1)C(=O)N1CCN(C(=O)C(=Cc2ccccc2)NC(=O)c2ccccc2)CC1)c1ccccc1. The molecule has 8 heteroatoms. The predicted octanol–water partition coefficient (Wildman–Crippen LogP) is 4.60. The van der Waals surface area contributed by atoms with Crippen LogP contribution in [0.5, 0.6) is 0 Å². The van der Waals surface area contributed by atoms with Gasteiger partial charge < -0.3 is 20.4 Å². The summed E-state index contributed by atoms with van der Waals surface area (Å²) in [5, 5.41) is 5.58. The van der Waals surface area contributed by atoms with Crippen LogP contribution in [0.2, 0.25) is 0 Å². The van der Waals surface area contributed by atoms with Crippen molar-refractivity contribution in [2.24, 2.45) is 0 Å². The van der Waals surface area contributed by atoms with Gasteiger partial charge in [-0.25, -0.2) is 0 Å². The van der Waals surface area contributed by atoms with Gasteiger partial charge in [-0.1, -0.05) is 97.1 Å². The van der Waals surface area contributed by atoms with Crippen molar-refractivity contribution in [3.8, 4) is 0 Å². The molecule has 5 rings (SSSR count). The van der Waals surface area contributed by atoms with E-state index < -0.39 is 0 Å². The Labute approximate surface area is 256 Å². The normalized spacial score (nSPS) is 13.6. The fourth-order valence-electron chi connectivity index (χ4n) is 4.76. The maximum Gasteiger partial charge on any atom is 0.270 e. The van der Waals surface area contributed by atoms with Crippen LogP contribution < -0.4 is 10.6 Å². The average Bonchev–Trinajstić information content (AvgIpc) is 3.08. The van der Waals surface area contributed by atoms with Gasteiger partial charge in [0.05, 0.1) is 0 Å². The van der Waals surface area contributed by atoms with Crippen LogP contribution in [0.25, 0.3) is 12.2 Å². The van der Waals surface area contributed by atoms with E-state index in [1.807, 2.05) is 72.8 Å². The van der Waals surface area contributed by atoms with Crippen molar-refractivity contribution >= 4 is 35.8 Å². The number of piperazine rings is 1. The van der Waals surface area contributed by atoms with E-state index in [4.69, 9.17) is 0 Å². The van der Waals surface area contributed by atoms with E-state index in [1.54, 1.807) is 70.5 Å². The standard InChI is InChI=1S/C36H32N4O4/c41-33(29-17-9-3-10-18-29)37-31(25-27-13-5-1-6-14-27)35(43)39-21-23-40(24-22-39)36(44)32(26-28-15-7-2-8-16-28)38-34(42)30-19-11-4-12-20-30/h1-20,25-26H,21-24H2,(H,37,41)(H,38,42). The number of amides is 4. The minimum Gasteiger partial charge on any atom is -0.334 e. The largest absolute Gasteiger partial charge is 0.334 e. The summed E-state index contributed by atoms with van der Waals surface area (Å²) in [5.41, 5.74) is 2.69. The van der Waals surface area contributed by atoms with Gasteiger partial charge in [0.15, 0.2) is 0 Å². The lowest BCUT2D eigenvalue weighted by atomic mass is 10.1. The molecular formula is C36H32N4O4. The van der Waals surface area contributed by atoms with Gasteiger partial charge >= 0.3 is 0 Å². The minimum absolute atomic E-state index is 0.143. The molecule has 4 aromatic carbocycles. The Morgan fingerprint density at radius 3 is 1.07 bits per heavy atom. The van der Waals surface area contributed by atoms with Crippen LogP contribution in [0.3, 0.4) is 0 Å². The van der Waals surface area contributed by atoms with Crippen LogP contribution in [0.1, 0.15) is 31.8 Å². The van der Waals surface area contributed by atoms with Crippen LogP contribution in [0.4, 0.5) is 0 Å². The molecule has 0 saturated carbocycles. The van der Waals surface area contributed by atoms with Crippen molar-refractivity contribution in [2.75, 3.05) is 26.2 Å². The van der Waals surface area contributed by atoms with Crippen molar-refractivity contribution in [1.82, 2.24) is 20.4 Å². The first-order valence-corrected chi connectivity index (χ1v) is 14.3. The Hall–Kier alpha value is -5.76. The van der Waals surface area contributed by atoms with Crippen molar-refractivity contribution in [2.45, 2.75) is 0 Å². The highest BCUT2D eigenvalue weighted by Crippen LogP contribution is 2.15. The van der Waals surface area contributed by atoms with E-state index in [0.717, 1.165) is 11.1 Å². The second kappa shape index (κ2) is 14.4. The van der Waals surface area contributed by atoms with Gasteiger partial charge in [0.1, 0.15) is 11.4 Å². The maximum atomic E-state index is 13.7. The molecule has 0 spiro atoms. The van der Waals surface area contributed by atoms with Crippen LogP contribution in [-0.2, 0) is 9.59 Å². The van der Waals surface area contributed by atoms with Gasteiger partial charge in [0, 0.05) is 37.3 Å². The fourth-order valence-corrected chi connectivity index (χ4v) is 4.76. The molecule has 0 aliphatic carbocycles. The molecular weight excluding hydrogens is 552 g/mol. The Morgan fingerprint density at radius 2 is 0.750 bits per heavy atom. The summed E-state index contributed by atoms with van der Waals surface area (Å²) in [6.45, 7) is 1.01. The molecule has 220 valence electrons. The third-order valence-electron chi connectivity index (χ3n) is 7.10. The van der Waals surface area contributed by atoms with Gasteiger partial charge in [-0.3, -0.25) is 19.2 Å². The zero-order valence-electron chi connectivity index (χ0n) is 24.1. The molecule has 4 amide bonds. The Balaban J connectivity index is 1.31. The zero-order chi connectivity index (χ0) is 30.7. The Bertz CT molecular complexity index is 1540. The van der Waals surface area contributed by atoms with E-state index in [2.05, 4.69) is 10.6 Å². The summed E-state index contributed by atoms with van der Waals surface area (Å²) < 4.78 is 0. The first kappa shape index (κ1) is 29.7. The number of carbonyl (C=O) groups excluding carboxylic acids is 4. The highest BCUT2D eigenvalue weighted by atomic mass is 16.2. The molecule has 1 aliphatic rings. The summed E-state index contributed by atoms with van der Waals surface area (Å²) in [6, 6.07) is 36.0. The van der Waals surface area contributed by atoms with E-state index in [1.165, 1.54) is 0 Å². The summed E-state index contributed by atoms with van der Waals surface area (Å²) in [6.07, 6.45) is 3.31. The number of benzene rings is 4. The quantitative estimate of drug-likeness (QED) is 0.296. The minimum atomic E-state index is -0.389. The number of nitrogens with one attached hydrogen (secondary N) is 2. The van der Waals surface area contributed by atoms with E-state index in [9.17, 15) is 19.2 Å². The molecule has 2 N–H and O–H groups in total. The molecule has 4 aromatic rings. The van der Waals surface area contributed by atoms with Crippen LogP contribution in [0, 0.1) is 0 Å². The van der Waals surface area contributed by atoms with Crippen molar-refractivity contribution < 1.29 is 19.2 Å². The van der Waals surface area contributed by atoms with Crippen molar-refractivity contribution in [1.29, 1.82) is 0 Å². The monoisotopic (exact) mass is 584 g/mol. The van der Waals surface area contributed by atoms with Gasteiger partial charge in [-0.2, -0.15) is 0 Å². The molecule has 0 unspecified atom stereocenters. The fraction of sp³-hybridized carbons (Fsp3) is 0.111. The second-order valence-corrected chi connectivity index (χ2v) is 10.2. The summed E-state index contributed by atoms with van der Waals surface area (Å²) >= 11 is 0. The Kier molecular flexibility index (Phi) is 9.74. The molecule has 44 heavy (non-hydrogen) atoms. The molecule has 8 nitrogen and oxygen atoms in total. The van der Waals surface area contributed by atoms with Gasteiger partial charge in [-0.05, 0) is 47.5 Å². The maximum absolute atomic E-state index is 13.7. The lowest BCUT2D eigenvalue weighted by Crippen LogP contribution is -2.53. The molecule has 0 radical (unpaired) electrons. The van der Waals surface area contributed by atoms with Crippen LogP contribution >= 0.6 is 0 Å². The highest BCUT2D eigenvalue weighted by molar-refractivity contribution is 6.06. The molecule has 1 aliphatic heterocycles. The Morgan fingerprint density at radius 1 is 0.455 bits per heavy atom. The lowest BCUT2D eigenvalue weighted by molar-refractivity contribution is -0.135. The smallest absolute Gasteiger partial charge is 0.270 e. The van der Waals surface area contributed by atoms with E-state index in [0.29, 0.717) is 11.1 Å². The summed E-state index contributed by atoms with van der Waals surface area (Å²) in [5.74, 6) is -1.47. The third-order valence-corrected chi connectivity index (χ3v) is 7.10. The first-order chi connectivity index (χ1) is 21.5. The zero-order valence-corrected chi connectivity index (χ0v) is 24.1. The number of nitrogens with zero attached hydrogens (tertiary/aromatic N) is 2. The molecule has 1 heterocycles. The van der Waals surface area contributed by atoms with E-state index >= 15 is 0 Å². The second-order valence-electron chi connectivity index (χ2n) is 10.2. The topological polar surface area (TPSA) is 98.8 Å². The molecule has 1 saturated heterocycles. The summed E-state index contributed by atoms with van der Waals surface area (Å²) in [7, 11) is 0. The van der Waals surface area contributed by atoms with Crippen molar-refractivity contribution in [3.05, 3.63) is 155 Å².